The monoisotopic (exact) mass is 308 g/mol. The van der Waals surface area contributed by atoms with Crippen LogP contribution in [0.5, 0.6) is 0 Å². The van der Waals surface area contributed by atoms with E-state index in [1.807, 2.05) is 11.3 Å². The molecule has 1 saturated heterocycles. The topological polar surface area (TPSA) is 34.2 Å². The fourth-order valence-corrected chi connectivity index (χ4v) is 4.43. The lowest BCUT2D eigenvalue weighted by Crippen LogP contribution is -2.53. The van der Waals surface area contributed by atoms with Crippen molar-refractivity contribution in [3.63, 3.8) is 0 Å². The third-order valence-electron chi connectivity index (χ3n) is 4.49. The highest BCUT2D eigenvalue weighted by Crippen LogP contribution is 2.43. The number of hydrogen-bond donors (Lipinski definition) is 1. The predicted octanol–water partition coefficient (Wildman–Crippen LogP) is 3.98. The summed E-state index contributed by atoms with van der Waals surface area (Å²) in [4.78, 5) is 5.02. The van der Waals surface area contributed by atoms with E-state index in [1.165, 1.54) is 23.5 Å². The second-order valence-electron chi connectivity index (χ2n) is 8.32. The molecule has 0 radical (unpaired) electrons. The number of ether oxygens (including phenoxy) is 1. The van der Waals surface area contributed by atoms with E-state index in [1.54, 1.807) is 0 Å². The Morgan fingerprint density at radius 2 is 2.05 bits per heavy atom. The van der Waals surface area contributed by atoms with E-state index < -0.39 is 0 Å². The molecule has 1 aliphatic carbocycles. The molecule has 0 amide bonds. The first-order valence-electron chi connectivity index (χ1n) is 8.08. The number of aromatic nitrogens is 1. The highest BCUT2D eigenvalue weighted by atomic mass is 32.1. The summed E-state index contributed by atoms with van der Waals surface area (Å²) in [5.74, 6) is 0. The maximum atomic E-state index is 5.95. The van der Waals surface area contributed by atoms with Gasteiger partial charge in [-0.3, -0.25) is 0 Å². The van der Waals surface area contributed by atoms with Gasteiger partial charge in [-0.1, -0.05) is 20.8 Å². The first kappa shape index (κ1) is 15.4. The fraction of sp³-hybridized carbons (Fsp3) is 0.824. The van der Waals surface area contributed by atoms with E-state index in [9.17, 15) is 0 Å². The van der Waals surface area contributed by atoms with Gasteiger partial charge in [0.15, 0.2) is 0 Å². The summed E-state index contributed by atoms with van der Waals surface area (Å²) >= 11 is 1.82. The van der Waals surface area contributed by atoms with Crippen LogP contribution in [0, 0.1) is 0 Å². The number of nitrogens with one attached hydrogen (secondary N) is 1. The molecule has 1 aromatic heterocycles. The summed E-state index contributed by atoms with van der Waals surface area (Å²) in [5.41, 5.74) is 1.27. The van der Waals surface area contributed by atoms with E-state index >= 15 is 0 Å². The molecular formula is C17H28N2OS. The van der Waals surface area contributed by atoms with Crippen LogP contribution in [0.4, 0.5) is 0 Å². The second kappa shape index (κ2) is 5.04. The molecule has 2 fully saturated rings. The highest BCUT2D eigenvalue weighted by molar-refractivity contribution is 7.09. The normalized spacial score (nSPS) is 29.6. The van der Waals surface area contributed by atoms with Crippen LogP contribution in [-0.2, 0) is 15.7 Å². The molecule has 1 saturated carbocycles. The van der Waals surface area contributed by atoms with Crippen molar-refractivity contribution in [2.45, 2.75) is 82.9 Å². The molecule has 0 bridgehead atoms. The maximum Gasteiger partial charge on any atom is 0.113 e. The van der Waals surface area contributed by atoms with Gasteiger partial charge in [-0.15, -0.1) is 11.3 Å². The molecule has 0 spiro atoms. The molecule has 118 valence electrons. The molecule has 21 heavy (non-hydrogen) atoms. The first-order chi connectivity index (χ1) is 9.70. The van der Waals surface area contributed by atoms with Gasteiger partial charge in [0.1, 0.15) is 5.01 Å². The van der Waals surface area contributed by atoms with Crippen LogP contribution in [-0.4, -0.2) is 23.2 Å². The van der Waals surface area contributed by atoms with Gasteiger partial charge in [0.2, 0.25) is 0 Å². The summed E-state index contributed by atoms with van der Waals surface area (Å²) in [6.07, 6.45) is 4.65. The summed E-state index contributed by atoms with van der Waals surface area (Å²) in [6, 6.07) is 0.681. The van der Waals surface area contributed by atoms with Crippen molar-refractivity contribution in [3.05, 3.63) is 16.1 Å². The Balaban J connectivity index is 1.93. The van der Waals surface area contributed by atoms with Gasteiger partial charge in [0.25, 0.3) is 0 Å². The number of nitrogens with zero attached hydrogens (tertiary/aromatic N) is 1. The molecule has 1 unspecified atom stereocenters. The number of thiazole rings is 1. The van der Waals surface area contributed by atoms with Crippen LogP contribution in [0.25, 0.3) is 0 Å². The van der Waals surface area contributed by atoms with E-state index in [2.05, 4.69) is 45.3 Å². The molecule has 1 atom stereocenters. The molecule has 2 aliphatic rings. The minimum absolute atomic E-state index is 0.0110. The number of hydrogen-bond acceptors (Lipinski definition) is 4. The van der Waals surface area contributed by atoms with Crippen molar-refractivity contribution in [1.82, 2.24) is 10.3 Å². The van der Waals surface area contributed by atoms with Crippen molar-refractivity contribution >= 4 is 11.3 Å². The summed E-state index contributed by atoms with van der Waals surface area (Å²) in [7, 11) is 0. The summed E-state index contributed by atoms with van der Waals surface area (Å²) < 4.78 is 5.95. The van der Waals surface area contributed by atoms with Crippen molar-refractivity contribution in [3.8, 4) is 0 Å². The van der Waals surface area contributed by atoms with Crippen LogP contribution in [0.15, 0.2) is 5.38 Å². The van der Waals surface area contributed by atoms with E-state index in [0.717, 1.165) is 19.4 Å². The lowest BCUT2D eigenvalue weighted by molar-refractivity contribution is -0.0903. The zero-order valence-electron chi connectivity index (χ0n) is 14.0. The van der Waals surface area contributed by atoms with Crippen LogP contribution in [0.2, 0.25) is 0 Å². The Bertz CT molecular complexity index is 513. The fourth-order valence-electron chi connectivity index (χ4n) is 3.19. The Kier molecular flexibility index (Phi) is 3.70. The third kappa shape index (κ3) is 3.33. The molecule has 1 aromatic rings. The minimum atomic E-state index is -0.0757. The predicted molar refractivity (Wildman–Crippen MR) is 87.9 cm³/mol. The van der Waals surface area contributed by atoms with Gasteiger partial charge < -0.3 is 10.1 Å². The molecule has 1 aliphatic heterocycles. The molecule has 2 heterocycles. The van der Waals surface area contributed by atoms with E-state index in [-0.39, 0.29) is 16.6 Å². The molecule has 3 nitrogen and oxygen atoms in total. The average Bonchev–Trinajstić information content (AvgIpc) is 2.99. The molecule has 0 aromatic carbocycles. The SMILES string of the molecule is CC1(C)CC(NC2CC2)(c2nc(C(C)(C)C)cs2)CCO1. The molecule has 1 N–H and O–H groups in total. The summed E-state index contributed by atoms with van der Waals surface area (Å²) in [5, 5.41) is 7.41. The van der Waals surface area contributed by atoms with Crippen molar-refractivity contribution < 1.29 is 4.74 Å². The largest absolute Gasteiger partial charge is 0.375 e. The van der Waals surface area contributed by atoms with Gasteiger partial charge in [0.05, 0.1) is 16.8 Å². The average molecular weight is 308 g/mol. The Labute approximate surface area is 132 Å². The zero-order chi connectivity index (χ0) is 15.3. The van der Waals surface area contributed by atoms with Gasteiger partial charge in [-0.25, -0.2) is 4.98 Å². The van der Waals surface area contributed by atoms with Crippen molar-refractivity contribution in [2.24, 2.45) is 0 Å². The highest BCUT2D eigenvalue weighted by Gasteiger charge is 2.46. The van der Waals surface area contributed by atoms with Gasteiger partial charge in [-0.05, 0) is 33.1 Å². The minimum Gasteiger partial charge on any atom is -0.375 e. The van der Waals surface area contributed by atoms with Crippen LogP contribution in [0.1, 0.15) is 71.0 Å². The Hall–Kier alpha value is -0.450. The quantitative estimate of drug-likeness (QED) is 0.917. The van der Waals surface area contributed by atoms with Crippen LogP contribution < -0.4 is 5.32 Å². The van der Waals surface area contributed by atoms with E-state index in [0.29, 0.717) is 6.04 Å². The Morgan fingerprint density at radius 1 is 1.33 bits per heavy atom. The Morgan fingerprint density at radius 3 is 2.57 bits per heavy atom. The zero-order valence-corrected chi connectivity index (χ0v) is 14.8. The smallest absolute Gasteiger partial charge is 0.113 e. The standard InChI is InChI=1S/C17H28N2OS/c1-15(2,3)13-10-21-14(18-13)17(19-12-6-7-12)8-9-20-16(4,5)11-17/h10,12,19H,6-9,11H2,1-5H3. The van der Waals surface area contributed by atoms with Crippen molar-refractivity contribution in [2.75, 3.05) is 6.61 Å². The number of rotatable bonds is 3. The van der Waals surface area contributed by atoms with Gasteiger partial charge >= 0.3 is 0 Å². The summed E-state index contributed by atoms with van der Waals surface area (Å²) in [6.45, 7) is 11.9. The maximum absolute atomic E-state index is 5.95. The van der Waals surface area contributed by atoms with Crippen LogP contribution >= 0.6 is 11.3 Å². The first-order valence-corrected chi connectivity index (χ1v) is 8.96. The molecule has 3 rings (SSSR count). The second-order valence-corrected chi connectivity index (χ2v) is 9.18. The molecule has 4 heteroatoms. The van der Waals surface area contributed by atoms with Crippen molar-refractivity contribution in [1.29, 1.82) is 0 Å². The lowest BCUT2D eigenvalue weighted by Gasteiger charge is -2.44. The van der Waals surface area contributed by atoms with E-state index in [4.69, 9.17) is 9.72 Å². The lowest BCUT2D eigenvalue weighted by atomic mass is 9.81. The van der Waals surface area contributed by atoms with Crippen LogP contribution in [0.3, 0.4) is 0 Å². The third-order valence-corrected chi connectivity index (χ3v) is 5.54. The van der Waals surface area contributed by atoms with Gasteiger partial charge in [0, 0.05) is 29.9 Å². The molecular weight excluding hydrogens is 280 g/mol. The van der Waals surface area contributed by atoms with Gasteiger partial charge in [-0.2, -0.15) is 0 Å².